The number of aliphatic hydroxyl groups is 1. The molecule has 0 unspecified atom stereocenters. The van der Waals surface area contributed by atoms with Crippen molar-refractivity contribution in [3.8, 4) is 0 Å². The molecule has 2 aromatic heterocycles. The van der Waals surface area contributed by atoms with Crippen LogP contribution in [0.2, 0.25) is 0 Å². The number of benzene rings is 1. The first kappa shape index (κ1) is 17.2. The van der Waals surface area contributed by atoms with Crippen LogP contribution < -0.4 is 11.1 Å². The van der Waals surface area contributed by atoms with E-state index >= 15 is 0 Å². The topological polar surface area (TPSA) is 97.0 Å². The van der Waals surface area contributed by atoms with Crippen molar-refractivity contribution in [1.29, 1.82) is 0 Å². The molecule has 0 saturated carbocycles. The van der Waals surface area contributed by atoms with E-state index in [1.54, 1.807) is 12.1 Å². The molecule has 0 saturated heterocycles. The average molecular weight is 408 g/mol. The Balaban J connectivity index is 1.91. The minimum Gasteiger partial charge on any atom is -0.394 e. The molecular formula is C19H25N5OS2. The molecule has 0 aliphatic heterocycles. The van der Waals surface area contributed by atoms with Gasteiger partial charge < -0.3 is 16.2 Å². The molecule has 0 aliphatic rings. The van der Waals surface area contributed by atoms with Crippen LogP contribution in [0.1, 0.15) is 40.7 Å². The summed E-state index contributed by atoms with van der Waals surface area (Å²) in [5.74, 6) is 1.04. The molecule has 0 radical (unpaired) electrons. The minimum absolute atomic E-state index is 0.000585. The number of anilines is 2. The summed E-state index contributed by atoms with van der Waals surface area (Å²) in [5.41, 5.74) is 7.29. The summed E-state index contributed by atoms with van der Waals surface area (Å²) in [7, 11) is 0. The van der Waals surface area contributed by atoms with Crippen molar-refractivity contribution in [2.45, 2.75) is 43.6 Å². The molecule has 0 aliphatic carbocycles. The minimum atomic E-state index is -0.127. The van der Waals surface area contributed by atoms with Crippen LogP contribution in [0.3, 0.4) is 0 Å². The van der Waals surface area contributed by atoms with Gasteiger partial charge >= 0.3 is 0 Å². The number of fused-ring (bicyclic) bond motifs is 1. The van der Waals surface area contributed by atoms with E-state index < -0.39 is 0 Å². The second-order valence-electron chi connectivity index (χ2n) is 6.74. The summed E-state index contributed by atoms with van der Waals surface area (Å²) in [6.45, 7) is 6.20. The number of nitrogens with two attached hydrogens (primary N) is 1. The number of nitrogens with zero attached hydrogens (tertiary/aromatic N) is 3. The van der Waals surface area contributed by atoms with Gasteiger partial charge in [-0.05, 0) is 24.8 Å². The van der Waals surface area contributed by atoms with Gasteiger partial charge in [-0.1, -0.05) is 67.2 Å². The van der Waals surface area contributed by atoms with E-state index in [1.807, 2.05) is 6.92 Å². The number of rotatable bonds is 8. The molecule has 2 atom stereocenters. The highest BCUT2D eigenvalue weighted by atomic mass is 32.2. The number of hydrogen-bond donors (Lipinski definition) is 3. The van der Waals surface area contributed by atoms with Gasteiger partial charge in [-0.15, -0.1) is 0 Å². The lowest BCUT2D eigenvalue weighted by Gasteiger charge is -2.19. The Bertz CT molecular complexity index is 978. The number of nitrogens with one attached hydrogen (secondary N) is 1. The molecule has 27 heavy (non-hydrogen) atoms. The molecule has 3 rings (SSSR count). The number of thiazole rings is 1. The maximum absolute atomic E-state index is 9.75. The SMILES string of the molecule is [3H]c1cc([3H])cc([C@@H](C)Sc2nc(N[C@@H](CO)CC(C)C)c3sc(N)nc3n2)c1. The van der Waals surface area contributed by atoms with Crippen LogP contribution in [0.5, 0.6) is 0 Å². The first-order valence-corrected chi connectivity index (χ1v) is 10.5. The summed E-state index contributed by atoms with van der Waals surface area (Å²) in [6.07, 6.45) is 0.803. The van der Waals surface area contributed by atoms with E-state index in [0.29, 0.717) is 39.8 Å². The summed E-state index contributed by atoms with van der Waals surface area (Å²) in [6, 6.07) is 5.50. The third-order valence-corrected chi connectivity index (χ3v) is 5.88. The Labute approximate surface area is 170 Å². The van der Waals surface area contributed by atoms with Gasteiger partial charge in [0.15, 0.2) is 21.8 Å². The highest BCUT2D eigenvalue weighted by molar-refractivity contribution is 7.99. The van der Waals surface area contributed by atoms with Crippen molar-refractivity contribution in [1.82, 2.24) is 15.0 Å². The van der Waals surface area contributed by atoms with E-state index in [1.165, 1.54) is 29.2 Å². The lowest BCUT2D eigenvalue weighted by atomic mass is 10.0. The van der Waals surface area contributed by atoms with Crippen LogP contribution in [0.15, 0.2) is 35.4 Å². The van der Waals surface area contributed by atoms with Gasteiger partial charge in [-0.2, -0.15) is 0 Å². The molecular weight excluding hydrogens is 378 g/mol. The van der Waals surface area contributed by atoms with Gasteiger partial charge in [-0.25, -0.2) is 15.0 Å². The highest BCUT2D eigenvalue weighted by Crippen LogP contribution is 2.36. The number of aromatic nitrogens is 3. The van der Waals surface area contributed by atoms with Crippen LogP contribution in [-0.4, -0.2) is 32.7 Å². The summed E-state index contributed by atoms with van der Waals surface area (Å²) < 4.78 is 16.4. The monoisotopic (exact) mass is 407 g/mol. The Morgan fingerprint density at radius 2 is 2.00 bits per heavy atom. The number of thioether (sulfide) groups is 1. The second-order valence-corrected chi connectivity index (χ2v) is 9.08. The zero-order valence-electron chi connectivity index (χ0n) is 17.6. The zero-order valence-corrected chi connectivity index (χ0v) is 17.2. The van der Waals surface area contributed by atoms with Gasteiger partial charge in [0.1, 0.15) is 4.70 Å². The lowest BCUT2D eigenvalue weighted by molar-refractivity contribution is 0.259. The van der Waals surface area contributed by atoms with Gasteiger partial charge in [0, 0.05) is 5.25 Å². The Morgan fingerprint density at radius 1 is 1.26 bits per heavy atom. The van der Waals surface area contributed by atoms with E-state index in [4.69, 9.17) is 8.48 Å². The largest absolute Gasteiger partial charge is 0.394 e. The summed E-state index contributed by atoms with van der Waals surface area (Å²) >= 11 is 2.75. The lowest BCUT2D eigenvalue weighted by Crippen LogP contribution is -2.26. The third kappa shape index (κ3) is 5.09. The van der Waals surface area contributed by atoms with Crippen molar-refractivity contribution in [2.24, 2.45) is 5.92 Å². The molecule has 4 N–H and O–H groups in total. The molecule has 0 spiro atoms. The summed E-state index contributed by atoms with van der Waals surface area (Å²) in [4.78, 5) is 13.5. The second kappa shape index (κ2) is 8.86. The van der Waals surface area contributed by atoms with Gasteiger partial charge in [0.05, 0.1) is 15.4 Å². The Morgan fingerprint density at radius 3 is 2.67 bits per heavy atom. The van der Waals surface area contributed by atoms with E-state index in [0.717, 1.165) is 16.7 Å². The molecule has 1 aromatic carbocycles. The quantitative estimate of drug-likeness (QED) is 0.377. The van der Waals surface area contributed by atoms with Crippen molar-refractivity contribution in [2.75, 3.05) is 17.7 Å². The van der Waals surface area contributed by atoms with Crippen LogP contribution in [0.4, 0.5) is 10.9 Å². The molecule has 2 heterocycles. The average Bonchev–Trinajstić information content (AvgIpc) is 3.00. The third-order valence-electron chi connectivity index (χ3n) is 3.99. The Kier molecular flexibility index (Phi) is 5.65. The number of aliphatic hydroxyl groups excluding tert-OH is 1. The highest BCUT2D eigenvalue weighted by Gasteiger charge is 2.18. The van der Waals surface area contributed by atoms with Gasteiger partial charge in [-0.3, -0.25) is 0 Å². The van der Waals surface area contributed by atoms with Crippen molar-refractivity contribution >= 4 is 44.4 Å². The molecule has 144 valence electrons. The first-order valence-electron chi connectivity index (χ1n) is 9.81. The predicted molar refractivity (Wildman–Crippen MR) is 114 cm³/mol. The standard InChI is InChI=1S/C19H25N5OS2/c1-11(2)9-14(10-25)21-16-15-17(22-18(20)27-15)24-19(23-16)26-12(3)13-7-5-4-6-8-13/h4-8,11-12,14,25H,9-10H2,1-3H3,(H3,20,21,22,23,24)/t12-,14-/m1/s1/i5T,6T. The van der Waals surface area contributed by atoms with Crippen molar-refractivity contribution in [3.05, 3.63) is 35.8 Å². The Hall–Kier alpha value is -1.90. The van der Waals surface area contributed by atoms with E-state index in [-0.39, 0.29) is 17.9 Å². The molecule has 0 bridgehead atoms. The fourth-order valence-electron chi connectivity index (χ4n) is 2.74. The van der Waals surface area contributed by atoms with Gasteiger partial charge in [0.2, 0.25) is 0 Å². The number of hydrogen-bond acceptors (Lipinski definition) is 8. The maximum atomic E-state index is 9.75. The number of nitrogen functional groups attached to an aromatic ring is 1. The molecule has 6 nitrogen and oxygen atoms in total. The van der Waals surface area contributed by atoms with E-state index in [9.17, 15) is 5.11 Å². The van der Waals surface area contributed by atoms with Gasteiger partial charge in [0.25, 0.3) is 0 Å². The van der Waals surface area contributed by atoms with Crippen LogP contribution >= 0.6 is 23.1 Å². The molecule has 8 heteroatoms. The van der Waals surface area contributed by atoms with E-state index in [2.05, 4.69) is 34.1 Å². The van der Waals surface area contributed by atoms with Crippen molar-refractivity contribution < 1.29 is 7.85 Å². The van der Waals surface area contributed by atoms with Crippen LogP contribution in [0, 0.1) is 5.92 Å². The summed E-state index contributed by atoms with van der Waals surface area (Å²) in [5, 5.41) is 14.0. The fraction of sp³-hybridized carbons (Fsp3) is 0.421. The molecule has 0 fully saturated rings. The zero-order chi connectivity index (χ0) is 21.1. The maximum Gasteiger partial charge on any atom is 0.192 e. The molecule has 0 amide bonds. The molecule has 3 aromatic rings. The van der Waals surface area contributed by atoms with Crippen molar-refractivity contribution in [3.63, 3.8) is 0 Å². The van der Waals surface area contributed by atoms with Crippen LogP contribution in [0.25, 0.3) is 10.3 Å². The predicted octanol–water partition coefficient (Wildman–Crippen LogP) is 4.34. The smallest absolute Gasteiger partial charge is 0.192 e. The fourth-order valence-corrected chi connectivity index (χ4v) is 4.34. The normalized spacial score (nSPS) is 14.9. The first-order chi connectivity index (χ1) is 13.7. The van der Waals surface area contributed by atoms with Crippen LogP contribution in [-0.2, 0) is 0 Å².